The lowest BCUT2D eigenvalue weighted by Gasteiger charge is -2.44. The molecule has 0 aromatic heterocycles. The van der Waals surface area contributed by atoms with Gasteiger partial charge in [-0.2, -0.15) is 0 Å². The van der Waals surface area contributed by atoms with E-state index in [9.17, 15) is 0 Å². The second kappa shape index (κ2) is 4.19. The Morgan fingerprint density at radius 1 is 1.21 bits per heavy atom. The summed E-state index contributed by atoms with van der Waals surface area (Å²) in [7, 11) is 2.28. The summed E-state index contributed by atoms with van der Waals surface area (Å²) in [4.78, 5) is 2.54. The van der Waals surface area contributed by atoms with Crippen molar-refractivity contribution in [3.8, 4) is 0 Å². The second-order valence-corrected chi connectivity index (χ2v) is 5.35. The Morgan fingerprint density at radius 2 is 1.93 bits per heavy atom. The normalized spacial score (nSPS) is 32.4. The fraction of sp³-hybridized carbons (Fsp3) is 1.00. The van der Waals surface area contributed by atoms with Crippen molar-refractivity contribution in [1.29, 1.82) is 0 Å². The number of rotatable bonds is 5. The Kier molecular flexibility index (Phi) is 3.13. The van der Waals surface area contributed by atoms with Gasteiger partial charge < -0.3 is 10.2 Å². The van der Waals surface area contributed by atoms with E-state index in [1.165, 1.54) is 32.2 Å². The predicted octanol–water partition coefficient (Wildman–Crippen LogP) is 1.86. The summed E-state index contributed by atoms with van der Waals surface area (Å²) in [5.41, 5.74) is 0. The molecule has 2 atom stereocenters. The van der Waals surface area contributed by atoms with E-state index in [-0.39, 0.29) is 0 Å². The average Bonchev–Trinajstić information content (AvgIpc) is 2.86. The zero-order chi connectivity index (χ0) is 10.1. The largest absolute Gasteiger partial charge is 0.314 e. The maximum Gasteiger partial charge on any atom is 0.0135 e. The van der Waals surface area contributed by atoms with Crippen LogP contribution < -0.4 is 5.32 Å². The fourth-order valence-corrected chi connectivity index (χ4v) is 2.31. The molecular weight excluding hydrogens is 172 g/mol. The van der Waals surface area contributed by atoms with Crippen molar-refractivity contribution in [2.24, 2.45) is 5.92 Å². The van der Waals surface area contributed by atoms with E-state index < -0.39 is 0 Å². The molecule has 2 rings (SSSR count). The fourth-order valence-electron chi connectivity index (χ4n) is 2.31. The molecule has 82 valence electrons. The van der Waals surface area contributed by atoms with Crippen LogP contribution in [-0.2, 0) is 0 Å². The third-order valence-corrected chi connectivity index (χ3v) is 3.96. The van der Waals surface area contributed by atoms with Crippen molar-refractivity contribution in [2.45, 2.75) is 57.7 Å². The molecule has 2 heteroatoms. The quantitative estimate of drug-likeness (QED) is 0.722. The summed E-state index contributed by atoms with van der Waals surface area (Å²) in [6.45, 7) is 5.85. The van der Waals surface area contributed by atoms with Gasteiger partial charge in [0.05, 0.1) is 0 Å². The van der Waals surface area contributed by atoms with Gasteiger partial charge in [-0.1, -0.05) is 0 Å². The van der Waals surface area contributed by atoms with Crippen molar-refractivity contribution in [2.75, 3.05) is 13.6 Å². The summed E-state index contributed by atoms with van der Waals surface area (Å²) in [5.74, 6) is 0.919. The SMILES string of the molecule is CC(C)N(C)C1CCC1CNC1CC1. The number of nitrogens with zero attached hydrogens (tertiary/aromatic N) is 1. The van der Waals surface area contributed by atoms with Crippen LogP contribution in [0.4, 0.5) is 0 Å². The molecule has 0 amide bonds. The Morgan fingerprint density at radius 3 is 2.36 bits per heavy atom. The first-order chi connectivity index (χ1) is 6.68. The van der Waals surface area contributed by atoms with Crippen LogP contribution in [-0.4, -0.2) is 36.6 Å². The van der Waals surface area contributed by atoms with E-state index in [2.05, 4.69) is 31.1 Å². The molecule has 2 nitrogen and oxygen atoms in total. The highest BCUT2D eigenvalue weighted by atomic mass is 15.2. The molecule has 0 heterocycles. The van der Waals surface area contributed by atoms with Crippen LogP contribution in [0.3, 0.4) is 0 Å². The maximum atomic E-state index is 3.66. The van der Waals surface area contributed by atoms with Crippen molar-refractivity contribution < 1.29 is 0 Å². The minimum Gasteiger partial charge on any atom is -0.314 e. The first-order valence-electron chi connectivity index (χ1n) is 6.14. The van der Waals surface area contributed by atoms with E-state index in [0.29, 0.717) is 6.04 Å². The van der Waals surface area contributed by atoms with E-state index in [0.717, 1.165) is 18.0 Å². The molecule has 14 heavy (non-hydrogen) atoms. The van der Waals surface area contributed by atoms with Crippen LogP contribution >= 0.6 is 0 Å². The number of nitrogens with one attached hydrogen (secondary N) is 1. The van der Waals surface area contributed by atoms with Crippen LogP contribution in [0.5, 0.6) is 0 Å². The molecule has 0 aromatic carbocycles. The van der Waals surface area contributed by atoms with Gasteiger partial charge in [0.25, 0.3) is 0 Å². The molecule has 1 N–H and O–H groups in total. The molecular formula is C12H24N2. The van der Waals surface area contributed by atoms with Crippen molar-refractivity contribution >= 4 is 0 Å². The lowest BCUT2D eigenvalue weighted by atomic mass is 9.78. The molecule has 0 spiro atoms. The topological polar surface area (TPSA) is 15.3 Å². The first-order valence-corrected chi connectivity index (χ1v) is 6.14. The highest BCUT2D eigenvalue weighted by molar-refractivity contribution is 4.92. The van der Waals surface area contributed by atoms with Gasteiger partial charge in [0.15, 0.2) is 0 Å². The van der Waals surface area contributed by atoms with Crippen LogP contribution in [0.2, 0.25) is 0 Å². The maximum absolute atomic E-state index is 3.66. The first kappa shape index (κ1) is 10.4. The lowest BCUT2D eigenvalue weighted by molar-refractivity contribution is 0.0607. The molecule has 2 fully saturated rings. The predicted molar refractivity (Wildman–Crippen MR) is 60.4 cm³/mol. The van der Waals surface area contributed by atoms with Crippen LogP contribution in [0.1, 0.15) is 39.5 Å². The van der Waals surface area contributed by atoms with Gasteiger partial charge in [0.1, 0.15) is 0 Å². The van der Waals surface area contributed by atoms with Gasteiger partial charge in [-0.3, -0.25) is 0 Å². The van der Waals surface area contributed by atoms with Crippen LogP contribution in [0, 0.1) is 5.92 Å². The van der Waals surface area contributed by atoms with Gasteiger partial charge in [0, 0.05) is 18.1 Å². The molecule has 2 saturated carbocycles. The summed E-state index contributed by atoms with van der Waals surface area (Å²) in [6, 6.07) is 2.42. The number of hydrogen-bond donors (Lipinski definition) is 1. The summed E-state index contributed by atoms with van der Waals surface area (Å²) in [5, 5.41) is 3.66. The molecule has 0 saturated heterocycles. The van der Waals surface area contributed by atoms with Crippen molar-refractivity contribution in [1.82, 2.24) is 10.2 Å². The highest BCUT2D eigenvalue weighted by Gasteiger charge is 2.35. The zero-order valence-electron chi connectivity index (χ0n) is 9.79. The molecule has 0 radical (unpaired) electrons. The minimum atomic E-state index is 0.698. The lowest BCUT2D eigenvalue weighted by Crippen LogP contribution is -2.51. The van der Waals surface area contributed by atoms with Gasteiger partial charge in [-0.05, 0) is 59.0 Å². The van der Waals surface area contributed by atoms with Gasteiger partial charge in [0.2, 0.25) is 0 Å². The molecule has 2 aliphatic rings. The number of hydrogen-bond acceptors (Lipinski definition) is 2. The van der Waals surface area contributed by atoms with Gasteiger partial charge in [-0.25, -0.2) is 0 Å². The molecule has 0 aliphatic heterocycles. The van der Waals surface area contributed by atoms with E-state index in [1.54, 1.807) is 0 Å². The summed E-state index contributed by atoms with van der Waals surface area (Å²) < 4.78 is 0. The zero-order valence-corrected chi connectivity index (χ0v) is 9.79. The van der Waals surface area contributed by atoms with E-state index >= 15 is 0 Å². The van der Waals surface area contributed by atoms with E-state index in [1.807, 2.05) is 0 Å². The van der Waals surface area contributed by atoms with Crippen LogP contribution in [0.15, 0.2) is 0 Å². The minimum absolute atomic E-state index is 0.698. The smallest absolute Gasteiger partial charge is 0.0135 e. The Bertz CT molecular complexity index is 187. The second-order valence-electron chi connectivity index (χ2n) is 5.35. The monoisotopic (exact) mass is 196 g/mol. The molecule has 2 unspecified atom stereocenters. The summed E-state index contributed by atoms with van der Waals surface area (Å²) >= 11 is 0. The Hall–Kier alpha value is -0.0800. The van der Waals surface area contributed by atoms with Crippen molar-refractivity contribution in [3.05, 3.63) is 0 Å². The third kappa shape index (κ3) is 2.29. The Balaban J connectivity index is 1.71. The highest BCUT2D eigenvalue weighted by Crippen LogP contribution is 2.32. The van der Waals surface area contributed by atoms with E-state index in [4.69, 9.17) is 0 Å². The third-order valence-electron chi connectivity index (χ3n) is 3.96. The molecule has 0 aromatic rings. The molecule has 0 bridgehead atoms. The van der Waals surface area contributed by atoms with Crippen LogP contribution in [0.25, 0.3) is 0 Å². The van der Waals surface area contributed by atoms with Crippen molar-refractivity contribution in [3.63, 3.8) is 0 Å². The molecule has 2 aliphatic carbocycles. The standard InChI is InChI=1S/C12H24N2/c1-9(2)14(3)12-7-4-10(12)8-13-11-5-6-11/h9-13H,4-8H2,1-3H3. The van der Waals surface area contributed by atoms with Gasteiger partial charge >= 0.3 is 0 Å². The average molecular weight is 196 g/mol. The van der Waals surface area contributed by atoms with Gasteiger partial charge in [-0.15, -0.1) is 0 Å². The summed E-state index contributed by atoms with van der Waals surface area (Å²) in [6.07, 6.45) is 5.67. The Labute approximate surface area is 88.1 Å².